The molecular weight excluding hydrogens is 340 g/mol. The lowest BCUT2D eigenvalue weighted by molar-refractivity contribution is 0.0593. The van der Waals surface area contributed by atoms with Crippen molar-refractivity contribution in [2.45, 2.75) is 18.0 Å². The fourth-order valence-electron chi connectivity index (χ4n) is 1.95. The summed E-state index contributed by atoms with van der Waals surface area (Å²) in [6, 6.07) is 9.65. The summed E-state index contributed by atoms with van der Waals surface area (Å²) >= 11 is 1.40. The van der Waals surface area contributed by atoms with Gasteiger partial charge < -0.3 is 4.74 Å². The minimum Gasteiger partial charge on any atom is -0.464 e. The maximum Gasteiger partial charge on any atom is 0.358 e. The van der Waals surface area contributed by atoms with Crippen LogP contribution in [0.2, 0.25) is 0 Å². The van der Waals surface area contributed by atoms with E-state index >= 15 is 0 Å². The average molecular weight is 356 g/mol. The van der Waals surface area contributed by atoms with Crippen molar-refractivity contribution in [2.24, 2.45) is 5.10 Å². The van der Waals surface area contributed by atoms with Gasteiger partial charge in [-0.1, -0.05) is 41.6 Å². The first-order valence-electron chi connectivity index (χ1n) is 7.41. The second-order valence-electron chi connectivity index (χ2n) is 5.12. The third kappa shape index (κ3) is 4.32. The highest BCUT2D eigenvalue weighted by molar-refractivity contribution is 7.98. The molecule has 2 aromatic heterocycles. The Morgan fingerprint density at radius 3 is 2.88 bits per heavy atom. The van der Waals surface area contributed by atoms with Gasteiger partial charge in [-0.15, -0.1) is 10.2 Å². The van der Waals surface area contributed by atoms with Crippen LogP contribution < -0.4 is 0 Å². The maximum absolute atomic E-state index is 11.4. The molecule has 9 heteroatoms. The molecule has 128 valence electrons. The molecule has 0 unspecified atom stereocenters. The minimum atomic E-state index is -0.463. The number of aromatic nitrogens is 5. The normalized spacial score (nSPS) is 11.1. The predicted molar refractivity (Wildman–Crippen MR) is 93.6 cm³/mol. The van der Waals surface area contributed by atoms with Gasteiger partial charge in [-0.3, -0.25) is 4.68 Å². The van der Waals surface area contributed by atoms with Crippen LogP contribution in [-0.2, 0) is 10.6 Å². The summed E-state index contributed by atoms with van der Waals surface area (Å²) in [4.78, 5) is 11.4. The van der Waals surface area contributed by atoms with E-state index in [-0.39, 0.29) is 5.69 Å². The SMILES string of the molecule is COC(=O)c1ccn(CSc2nncn2/N=C/c2ccc(C)cc2)n1. The maximum atomic E-state index is 11.4. The van der Waals surface area contributed by atoms with Gasteiger partial charge in [-0.2, -0.15) is 14.9 Å². The molecule has 0 aliphatic heterocycles. The Kier molecular flexibility index (Phi) is 5.24. The molecule has 8 nitrogen and oxygen atoms in total. The first-order valence-corrected chi connectivity index (χ1v) is 8.40. The summed E-state index contributed by atoms with van der Waals surface area (Å²) < 4.78 is 7.85. The van der Waals surface area contributed by atoms with Crippen LogP contribution in [0.3, 0.4) is 0 Å². The van der Waals surface area contributed by atoms with E-state index in [0.717, 1.165) is 5.56 Å². The fourth-order valence-corrected chi connectivity index (χ4v) is 2.67. The molecule has 3 aromatic rings. The van der Waals surface area contributed by atoms with Crippen LogP contribution in [-0.4, -0.2) is 43.9 Å². The molecule has 0 N–H and O–H groups in total. The number of hydrogen-bond donors (Lipinski definition) is 0. The van der Waals surface area contributed by atoms with Gasteiger partial charge in [-0.05, 0) is 18.6 Å². The highest BCUT2D eigenvalue weighted by atomic mass is 32.2. The highest BCUT2D eigenvalue weighted by Gasteiger charge is 2.10. The zero-order valence-electron chi connectivity index (χ0n) is 13.7. The zero-order valence-corrected chi connectivity index (χ0v) is 14.6. The van der Waals surface area contributed by atoms with Crippen LogP contribution in [0.4, 0.5) is 0 Å². The molecule has 3 rings (SSSR count). The summed E-state index contributed by atoms with van der Waals surface area (Å²) in [6.07, 6.45) is 4.99. The number of carbonyl (C=O) groups is 1. The van der Waals surface area contributed by atoms with Crippen molar-refractivity contribution in [3.63, 3.8) is 0 Å². The largest absolute Gasteiger partial charge is 0.464 e. The van der Waals surface area contributed by atoms with Crippen molar-refractivity contribution in [3.05, 3.63) is 59.7 Å². The van der Waals surface area contributed by atoms with Crippen LogP contribution in [0.1, 0.15) is 21.6 Å². The number of aryl methyl sites for hydroxylation is 1. The molecule has 0 radical (unpaired) electrons. The highest BCUT2D eigenvalue weighted by Crippen LogP contribution is 2.17. The van der Waals surface area contributed by atoms with E-state index in [4.69, 9.17) is 0 Å². The van der Waals surface area contributed by atoms with E-state index < -0.39 is 5.97 Å². The fraction of sp³-hybridized carbons (Fsp3) is 0.188. The molecule has 2 heterocycles. The zero-order chi connectivity index (χ0) is 17.6. The molecule has 0 saturated heterocycles. The van der Waals surface area contributed by atoms with Gasteiger partial charge in [0.25, 0.3) is 0 Å². The molecule has 0 aliphatic rings. The third-order valence-electron chi connectivity index (χ3n) is 3.27. The summed E-state index contributed by atoms with van der Waals surface area (Å²) in [5.74, 6) is 0.00468. The van der Waals surface area contributed by atoms with Gasteiger partial charge in [0.2, 0.25) is 5.16 Å². The van der Waals surface area contributed by atoms with Gasteiger partial charge >= 0.3 is 5.97 Å². The van der Waals surface area contributed by atoms with Crippen LogP contribution in [0, 0.1) is 6.92 Å². The Balaban J connectivity index is 1.64. The Bertz CT molecular complexity index is 884. The lowest BCUT2D eigenvalue weighted by Crippen LogP contribution is -2.04. The van der Waals surface area contributed by atoms with E-state index in [1.54, 1.807) is 27.8 Å². The molecule has 0 saturated carbocycles. The number of nitrogens with zero attached hydrogens (tertiary/aromatic N) is 6. The van der Waals surface area contributed by atoms with Crippen molar-refractivity contribution in [1.82, 2.24) is 24.7 Å². The van der Waals surface area contributed by atoms with Crippen molar-refractivity contribution >= 4 is 23.9 Å². The molecule has 25 heavy (non-hydrogen) atoms. The second kappa shape index (κ2) is 7.75. The van der Waals surface area contributed by atoms with E-state index in [0.29, 0.717) is 11.0 Å². The predicted octanol–water partition coefficient (Wildman–Crippen LogP) is 2.20. The lowest BCUT2D eigenvalue weighted by atomic mass is 10.2. The number of methoxy groups -OCH3 is 1. The molecule has 0 bridgehead atoms. The smallest absolute Gasteiger partial charge is 0.358 e. The second-order valence-corrected chi connectivity index (χ2v) is 6.03. The summed E-state index contributed by atoms with van der Waals surface area (Å²) in [6.45, 7) is 2.04. The van der Waals surface area contributed by atoms with Gasteiger partial charge in [0.15, 0.2) is 5.69 Å². The monoisotopic (exact) mass is 356 g/mol. The first-order chi connectivity index (χ1) is 12.2. The van der Waals surface area contributed by atoms with Crippen LogP contribution in [0.25, 0.3) is 0 Å². The number of hydrogen-bond acceptors (Lipinski definition) is 7. The van der Waals surface area contributed by atoms with Crippen molar-refractivity contribution in [2.75, 3.05) is 7.11 Å². The van der Waals surface area contributed by atoms with E-state index in [1.807, 2.05) is 31.2 Å². The van der Waals surface area contributed by atoms with Crippen molar-refractivity contribution < 1.29 is 9.53 Å². The molecule has 0 amide bonds. The number of carbonyl (C=O) groups excluding carboxylic acids is 1. The van der Waals surface area contributed by atoms with E-state index in [9.17, 15) is 4.79 Å². The Morgan fingerprint density at radius 1 is 1.32 bits per heavy atom. The first kappa shape index (κ1) is 16.9. The van der Waals surface area contributed by atoms with Gasteiger partial charge in [0.1, 0.15) is 6.33 Å². The number of benzene rings is 1. The van der Waals surface area contributed by atoms with Crippen LogP contribution in [0.5, 0.6) is 0 Å². The Labute approximate surface area is 148 Å². The van der Waals surface area contributed by atoms with Crippen molar-refractivity contribution in [3.8, 4) is 0 Å². The number of esters is 1. The molecule has 0 aliphatic carbocycles. The lowest BCUT2D eigenvalue weighted by Gasteiger charge is -2.01. The van der Waals surface area contributed by atoms with Crippen LogP contribution in [0.15, 0.2) is 53.1 Å². The molecule has 0 fully saturated rings. The summed E-state index contributed by atoms with van der Waals surface area (Å²) in [5.41, 5.74) is 2.45. The van der Waals surface area contributed by atoms with E-state index in [2.05, 4.69) is 25.1 Å². The number of rotatable bonds is 6. The van der Waals surface area contributed by atoms with Gasteiger partial charge in [-0.25, -0.2) is 4.79 Å². The standard InChI is InChI=1S/C16H16N6O2S/c1-12-3-5-13(6-4-12)9-18-22-10-17-19-16(22)25-11-21-8-7-14(20-21)15(23)24-2/h3-10H,11H2,1-2H3/b18-9+. The van der Waals surface area contributed by atoms with Crippen LogP contribution >= 0.6 is 11.8 Å². The average Bonchev–Trinajstić information content (AvgIpc) is 3.28. The van der Waals surface area contributed by atoms with E-state index in [1.165, 1.54) is 30.8 Å². The quantitative estimate of drug-likeness (QED) is 0.382. The Morgan fingerprint density at radius 2 is 2.12 bits per heavy atom. The number of ether oxygens (including phenoxy) is 1. The summed E-state index contributed by atoms with van der Waals surface area (Å²) in [5, 5.41) is 17.1. The topological polar surface area (TPSA) is 87.2 Å². The minimum absolute atomic E-state index is 0.266. The molecule has 0 spiro atoms. The van der Waals surface area contributed by atoms with Gasteiger partial charge in [0.05, 0.1) is 19.2 Å². The van der Waals surface area contributed by atoms with Crippen molar-refractivity contribution in [1.29, 1.82) is 0 Å². The molecule has 1 aromatic carbocycles. The van der Waals surface area contributed by atoms with Gasteiger partial charge in [0, 0.05) is 6.20 Å². The molecular formula is C16H16N6O2S. The molecule has 0 atom stereocenters. The number of thioether (sulfide) groups is 1. The Hall–Kier alpha value is -2.94. The third-order valence-corrected chi connectivity index (χ3v) is 4.19. The summed E-state index contributed by atoms with van der Waals surface area (Å²) in [7, 11) is 1.32.